The molecule has 0 radical (unpaired) electrons. The van der Waals surface area contributed by atoms with Crippen LogP contribution in [-0.4, -0.2) is 27.4 Å². The van der Waals surface area contributed by atoms with Crippen LogP contribution >= 0.6 is 0 Å². The van der Waals surface area contributed by atoms with Crippen molar-refractivity contribution in [2.24, 2.45) is 0 Å². The second-order valence-electron chi connectivity index (χ2n) is 4.43. The summed E-state index contributed by atoms with van der Waals surface area (Å²) in [6, 6.07) is 1.96. The van der Waals surface area contributed by atoms with E-state index in [0.717, 1.165) is 17.6 Å². The Labute approximate surface area is 105 Å². The highest BCUT2D eigenvalue weighted by Crippen LogP contribution is 2.28. The fourth-order valence-corrected chi connectivity index (χ4v) is 2.22. The number of hydrogen-bond donors (Lipinski definition) is 1. The Morgan fingerprint density at radius 1 is 1.56 bits per heavy atom. The largest absolute Gasteiger partial charge is 0.382 e. The molecule has 0 aliphatic carbocycles. The topological polar surface area (TPSA) is 75.2 Å². The average Bonchev–Trinajstić information content (AvgIpc) is 2.93. The number of hydrogen-bond acceptors (Lipinski definition) is 5. The van der Waals surface area contributed by atoms with Crippen LogP contribution in [0.3, 0.4) is 0 Å². The number of pyridine rings is 1. The van der Waals surface area contributed by atoms with Gasteiger partial charge in [-0.1, -0.05) is 6.92 Å². The number of rotatable bonds is 2. The summed E-state index contributed by atoms with van der Waals surface area (Å²) in [4.78, 5) is 8.50. The van der Waals surface area contributed by atoms with E-state index in [1.165, 1.54) is 0 Å². The Hall–Kier alpha value is -1.66. The number of anilines is 1. The third kappa shape index (κ3) is 1.74. The lowest BCUT2D eigenvalue weighted by atomic mass is 10.3. The third-order valence-electron chi connectivity index (χ3n) is 3.09. The zero-order chi connectivity index (χ0) is 12.7. The Bertz CT molecular complexity index is 581. The summed E-state index contributed by atoms with van der Waals surface area (Å²) in [5.74, 6) is 0.453. The second kappa shape index (κ2) is 4.22. The van der Waals surface area contributed by atoms with Crippen LogP contribution in [-0.2, 0) is 9.47 Å². The highest BCUT2D eigenvalue weighted by atomic mass is 16.7. The van der Waals surface area contributed by atoms with Gasteiger partial charge >= 0.3 is 0 Å². The van der Waals surface area contributed by atoms with Gasteiger partial charge in [0.2, 0.25) is 0 Å². The minimum atomic E-state index is -0.138. The van der Waals surface area contributed by atoms with E-state index in [1.54, 1.807) is 6.33 Å². The number of fused-ring (bicyclic) bond motifs is 1. The Morgan fingerprint density at radius 2 is 2.39 bits per heavy atom. The second-order valence-corrected chi connectivity index (χ2v) is 4.43. The Balaban J connectivity index is 2.03. The number of nitrogen functional groups attached to an aromatic ring is 1. The van der Waals surface area contributed by atoms with E-state index in [9.17, 15) is 0 Å². The fraction of sp³-hybridized carbons (Fsp3) is 0.500. The predicted octanol–water partition coefficient (Wildman–Crippen LogP) is 1.60. The predicted molar refractivity (Wildman–Crippen MR) is 66.8 cm³/mol. The summed E-state index contributed by atoms with van der Waals surface area (Å²) in [7, 11) is 0. The van der Waals surface area contributed by atoms with E-state index in [1.807, 2.05) is 24.5 Å². The molecular weight excluding hydrogens is 232 g/mol. The molecule has 2 unspecified atom stereocenters. The molecule has 2 N–H and O–H groups in total. The number of nitrogens with two attached hydrogens (primary N) is 1. The molecule has 18 heavy (non-hydrogen) atoms. The summed E-state index contributed by atoms with van der Waals surface area (Å²) < 4.78 is 13.3. The summed E-state index contributed by atoms with van der Waals surface area (Å²) in [6.45, 7) is 4.48. The number of nitrogens with zero attached hydrogens (tertiary/aromatic N) is 3. The Morgan fingerprint density at radius 3 is 3.11 bits per heavy atom. The van der Waals surface area contributed by atoms with Crippen molar-refractivity contribution < 1.29 is 9.47 Å². The lowest BCUT2D eigenvalue weighted by Gasteiger charge is -2.12. The van der Waals surface area contributed by atoms with E-state index in [2.05, 4.69) is 9.97 Å². The van der Waals surface area contributed by atoms with Crippen molar-refractivity contribution in [1.82, 2.24) is 14.5 Å². The number of aromatic nitrogens is 3. The molecule has 96 valence electrons. The number of aryl methyl sites for hydroxylation is 1. The smallest absolute Gasteiger partial charge is 0.162 e. The Kier molecular flexibility index (Phi) is 2.68. The highest BCUT2D eigenvalue weighted by Gasteiger charge is 2.27. The minimum absolute atomic E-state index is 0.132. The standard InChI is InChI=1S/C12H16N4O2/c1-3-10-17-5-9(18-10)16-6-14-11-8(16)4-7(2)15-12(11)13/h4,6,9-10H,3,5H2,1-2H3,(H2,13,15). The van der Waals surface area contributed by atoms with Crippen molar-refractivity contribution in [3.05, 3.63) is 18.1 Å². The lowest BCUT2D eigenvalue weighted by Crippen LogP contribution is -2.11. The van der Waals surface area contributed by atoms with Gasteiger partial charge in [-0.2, -0.15) is 0 Å². The van der Waals surface area contributed by atoms with Crippen LogP contribution in [0.15, 0.2) is 12.4 Å². The maximum Gasteiger partial charge on any atom is 0.162 e. The van der Waals surface area contributed by atoms with Crippen molar-refractivity contribution in [3.63, 3.8) is 0 Å². The molecule has 3 rings (SSSR count). The van der Waals surface area contributed by atoms with Crippen LogP contribution in [0.25, 0.3) is 11.0 Å². The molecule has 0 bridgehead atoms. The van der Waals surface area contributed by atoms with Gasteiger partial charge < -0.3 is 19.8 Å². The van der Waals surface area contributed by atoms with Gasteiger partial charge in [0.25, 0.3) is 0 Å². The first-order valence-electron chi connectivity index (χ1n) is 6.05. The van der Waals surface area contributed by atoms with Gasteiger partial charge in [-0.25, -0.2) is 9.97 Å². The van der Waals surface area contributed by atoms with Gasteiger partial charge in [0.1, 0.15) is 5.52 Å². The normalized spacial score (nSPS) is 23.9. The van der Waals surface area contributed by atoms with Crippen molar-refractivity contribution in [3.8, 4) is 0 Å². The van der Waals surface area contributed by atoms with Gasteiger partial charge in [-0.05, 0) is 19.4 Å². The van der Waals surface area contributed by atoms with Gasteiger partial charge in [0.15, 0.2) is 18.3 Å². The number of imidazole rings is 1. The molecule has 2 atom stereocenters. The average molecular weight is 248 g/mol. The van der Waals surface area contributed by atoms with E-state index in [4.69, 9.17) is 15.2 Å². The van der Waals surface area contributed by atoms with Crippen LogP contribution in [0.5, 0.6) is 0 Å². The van der Waals surface area contributed by atoms with Gasteiger partial charge in [0.05, 0.1) is 18.5 Å². The van der Waals surface area contributed by atoms with Gasteiger partial charge in [-0.15, -0.1) is 0 Å². The maximum atomic E-state index is 5.86. The molecule has 0 spiro atoms. The first kappa shape index (κ1) is 11.4. The van der Waals surface area contributed by atoms with Crippen LogP contribution < -0.4 is 5.73 Å². The van der Waals surface area contributed by atoms with E-state index >= 15 is 0 Å². The quantitative estimate of drug-likeness (QED) is 0.873. The van der Waals surface area contributed by atoms with Crippen LogP contribution in [0.1, 0.15) is 25.3 Å². The fourth-order valence-electron chi connectivity index (χ4n) is 2.22. The van der Waals surface area contributed by atoms with E-state index in [0.29, 0.717) is 17.9 Å². The molecule has 6 nitrogen and oxygen atoms in total. The molecule has 0 saturated carbocycles. The van der Waals surface area contributed by atoms with Crippen molar-refractivity contribution in [2.45, 2.75) is 32.8 Å². The first-order valence-corrected chi connectivity index (χ1v) is 6.05. The van der Waals surface area contributed by atoms with Gasteiger partial charge in [-0.3, -0.25) is 0 Å². The SMILES string of the molecule is CCC1OCC(n2cnc3c(N)nc(C)cc32)O1. The molecule has 0 aromatic carbocycles. The van der Waals surface area contributed by atoms with Crippen molar-refractivity contribution in [2.75, 3.05) is 12.3 Å². The molecule has 1 fully saturated rings. The summed E-state index contributed by atoms with van der Waals surface area (Å²) in [5, 5.41) is 0. The monoisotopic (exact) mass is 248 g/mol. The zero-order valence-corrected chi connectivity index (χ0v) is 10.5. The van der Waals surface area contributed by atoms with Gasteiger partial charge in [0, 0.05) is 5.69 Å². The van der Waals surface area contributed by atoms with Crippen LogP contribution in [0.2, 0.25) is 0 Å². The highest BCUT2D eigenvalue weighted by molar-refractivity contribution is 5.85. The molecule has 1 saturated heterocycles. The van der Waals surface area contributed by atoms with Crippen molar-refractivity contribution >= 4 is 16.9 Å². The minimum Gasteiger partial charge on any atom is -0.382 e. The molecule has 1 aliphatic rings. The van der Waals surface area contributed by atoms with Crippen LogP contribution in [0, 0.1) is 6.92 Å². The van der Waals surface area contributed by atoms with Crippen LogP contribution in [0.4, 0.5) is 5.82 Å². The first-order chi connectivity index (χ1) is 8.69. The lowest BCUT2D eigenvalue weighted by molar-refractivity contribution is -0.0714. The zero-order valence-electron chi connectivity index (χ0n) is 10.5. The van der Waals surface area contributed by atoms with E-state index in [-0.39, 0.29) is 12.5 Å². The summed E-state index contributed by atoms with van der Waals surface area (Å²) in [6.07, 6.45) is 2.30. The molecule has 3 heterocycles. The maximum absolute atomic E-state index is 5.86. The molecular formula is C12H16N4O2. The molecule has 0 amide bonds. The number of ether oxygens (including phenoxy) is 2. The molecule has 1 aliphatic heterocycles. The molecule has 2 aromatic rings. The molecule has 6 heteroatoms. The third-order valence-corrected chi connectivity index (χ3v) is 3.09. The van der Waals surface area contributed by atoms with Crippen molar-refractivity contribution in [1.29, 1.82) is 0 Å². The van der Waals surface area contributed by atoms with E-state index < -0.39 is 0 Å². The molecule has 2 aromatic heterocycles. The summed E-state index contributed by atoms with van der Waals surface area (Å²) >= 11 is 0. The summed E-state index contributed by atoms with van der Waals surface area (Å²) in [5.41, 5.74) is 8.38.